The third kappa shape index (κ3) is 6.22. The van der Waals surface area contributed by atoms with Gasteiger partial charge in [0.15, 0.2) is 0 Å². The number of ether oxygens (including phenoxy) is 1. The molecule has 7 heteroatoms. The Morgan fingerprint density at radius 2 is 2.20 bits per heavy atom. The van der Waals surface area contributed by atoms with Crippen LogP contribution < -0.4 is 10.9 Å². The number of hydrogen-bond donors (Lipinski definition) is 1. The van der Waals surface area contributed by atoms with Crippen LogP contribution >= 0.6 is 0 Å². The molecule has 0 saturated carbocycles. The van der Waals surface area contributed by atoms with Crippen LogP contribution in [0, 0.1) is 0 Å². The second-order valence-corrected chi connectivity index (χ2v) is 7.18. The summed E-state index contributed by atoms with van der Waals surface area (Å²) in [5.41, 5.74) is 1.90. The summed E-state index contributed by atoms with van der Waals surface area (Å²) >= 11 is 0. The molecule has 0 bridgehead atoms. The Balaban J connectivity index is 1.66. The van der Waals surface area contributed by atoms with Crippen LogP contribution in [-0.2, 0) is 11.3 Å². The van der Waals surface area contributed by atoms with Crippen molar-refractivity contribution >= 4 is 5.95 Å². The summed E-state index contributed by atoms with van der Waals surface area (Å²) in [4.78, 5) is 21.4. The predicted octanol–water partition coefficient (Wildman–Crippen LogP) is 4.27. The number of aromatic nitrogens is 3. The van der Waals surface area contributed by atoms with Gasteiger partial charge in [-0.15, -0.1) is 0 Å². The van der Waals surface area contributed by atoms with Crippen LogP contribution in [0.5, 0.6) is 0 Å². The summed E-state index contributed by atoms with van der Waals surface area (Å²) < 4.78 is 20.5. The van der Waals surface area contributed by atoms with E-state index in [-0.39, 0.29) is 11.4 Å². The zero-order valence-electron chi connectivity index (χ0n) is 17.2. The van der Waals surface area contributed by atoms with Crippen molar-refractivity contribution in [3.63, 3.8) is 0 Å². The largest absolute Gasteiger partial charge is 0.381 e. The topological polar surface area (TPSA) is 69.0 Å². The van der Waals surface area contributed by atoms with E-state index in [9.17, 15) is 9.18 Å². The van der Waals surface area contributed by atoms with Gasteiger partial charge in [-0.3, -0.25) is 4.79 Å². The Morgan fingerprint density at radius 3 is 2.93 bits per heavy atom. The van der Waals surface area contributed by atoms with Gasteiger partial charge >= 0.3 is 0 Å². The molecule has 1 saturated heterocycles. The average molecular weight is 410 g/mol. The zero-order valence-corrected chi connectivity index (χ0v) is 17.2. The molecule has 0 atom stereocenters. The van der Waals surface area contributed by atoms with E-state index in [1.165, 1.54) is 12.2 Å². The molecule has 3 heterocycles. The molecule has 1 fully saturated rings. The van der Waals surface area contributed by atoms with E-state index in [0.29, 0.717) is 36.2 Å². The van der Waals surface area contributed by atoms with Crippen LogP contribution in [0.15, 0.2) is 71.6 Å². The van der Waals surface area contributed by atoms with Gasteiger partial charge in [0.25, 0.3) is 5.56 Å². The maximum absolute atomic E-state index is 13.5. The molecule has 2 aromatic rings. The lowest BCUT2D eigenvalue weighted by molar-refractivity contribution is 0.0903. The fraction of sp³-hybridized carbons (Fsp3) is 0.348. The van der Waals surface area contributed by atoms with Crippen molar-refractivity contribution in [1.82, 2.24) is 14.5 Å². The lowest BCUT2D eigenvalue weighted by atomic mass is 10.1. The molecular formula is C23H27FN4O2. The molecule has 1 aliphatic heterocycles. The number of halogens is 1. The summed E-state index contributed by atoms with van der Waals surface area (Å²) in [6.45, 7) is 7.50. The first-order chi connectivity index (χ1) is 14.5. The molecule has 0 aliphatic carbocycles. The van der Waals surface area contributed by atoms with Gasteiger partial charge in [-0.05, 0) is 50.5 Å². The number of aryl methyl sites for hydroxylation is 1. The number of allylic oxidation sites excluding steroid dienone is 5. The van der Waals surface area contributed by atoms with Gasteiger partial charge in [-0.1, -0.05) is 18.2 Å². The first-order valence-electron chi connectivity index (χ1n) is 10.1. The van der Waals surface area contributed by atoms with Gasteiger partial charge in [0.2, 0.25) is 5.95 Å². The first-order valence-corrected chi connectivity index (χ1v) is 10.1. The fourth-order valence-electron chi connectivity index (χ4n) is 3.20. The van der Waals surface area contributed by atoms with Crippen molar-refractivity contribution in [3.8, 4) is 11.3 Å². The maximum atomic E-state index is 13.5. The Hall–Kier alpha value is -3.06. The monoisotopic (exact) mass is 410 g/mol. The standard InChI is InChI=1S/C23H27FN4O2/c1-3-4-19(24)15-17(2)6-11-28-12-7-18(16-22(28)29)21-5-10-25-23(27-21)26-20-8-13-30-14-9-20/h3-5,7,10,12,15-16,20H,2,6,8-9,11,13-14H2,1H3,(H,25,26,27). The molecule has 0 amide bonds. The van der Waals surface area contributed by atoms with Crippen LogP contribution in [0.3, 0.4) is 0 Å². The van der Waals surface area contributed by atoms with Crippen LogP contribution in [-0.4, -0.2) is 33.8 Å². The Labute approximate surface area is 175 Å². The van der Waals surface area contributed by atoms with Crippen LogP contribution in [0.25, 0.3) is 11.3 Å². The molecule has 30 heavy (non-hydrogen) atoms. The number of nitrogens with one attached hydrogen (secondary N) is 1. The van der Waals surface area contributed by atoms with Gasteiger partial charge in [0.1, 0.15) is 5.83 Å². The number of hydrogen-bond acceptors (Lipinski definition) is 5. The number of rotatable bonds is 8. The van der Waals surface area contributed by atoms with Crippen LogP contribution in [0.4, 0.5) is 10.3 Å². The molecule has 1 N–H and O–H groups in total. The van der Waals surface area contributed by atoms with E-state index < -0.39 is 0 Å². The van der Waals surface area contributed by atoms with Crippen molar-refractivity contribution in [2.45, 2.75) is 38.8 Å². The molecule has 1 aliphatic rings. The SMILES string of the molecule is C=C(C=C(F)C=CC)CCn1ccc(-c2ccnc(NC3CCOCC3)n2)cc1=O. The molecule has 6 nitrogen and oxygen atoms in total. The zero-order chi connectivity index (χ0) is 21.3. The highest BCUT2D eigenvalue weighted by atomic mass is 19.1. The summed E-state index contributed by atoms with van der Waals surface area (Å²) in [7, 11) is 0. The van der Waals surface area contributed by atoms with E-state index in [0.717, 1.165) is 31.6 Å². The maximum Gasteiger partial charge on any atom is 0.251 e. The first kappa shape index (κ1) is 21.6. The van der Waals surface area contributed by atoms with Gasteiger partial charge in [0.05, 0.1) is 5.69 Å². The Morgan fingerprint density at radius 1 is 1.40 bits per heavy atom. The molecule has 0 radical (unpaired) electrons. The number of pyridine rings is 1. The van der Waals surface area contributed by atoms with E-state index in [4.69, 9.17) is 4.74 Å². The molecule has 158 valence electrons. The molecule has 0 aromatic carbocycles. The predicted molar refractivity (Wildman–Crippen MR) is 117 cm³/mol. The van der Waals surface area contributed by atoms with Gasteiger partial charge in [-0.25, -0.2) is 14.4 Å². The van der Waals surface area contributed by atoms with Crippen molar-refractivity contribution in [2.75, 3.05) is 18.5 Å². The Kier molecular flexibility index (Phi) is 7.68. The minimum atomic E-state index is -0.348. The van der Waals surface area contributed by atoms with Crippen molar-refractivity contribution in [3.05, 3.63) is 77.2 Å². The quantitative estimate of drug-likeness (QED) is 0.658. The molecule has 0 unspecified atom stereocenters. The van der Waals surface area contributed by atoms with Gasteiger partial charge in [0, 0.05) is 49.8 Å². The Bertz CT molecular complexity index is 991. The fourth-order valence-corrected chi connectivity index (χ4v) is 3.20. The van der Waals surface area contributed by atoms with E-state index in [2.05, 4.69) is 21.9 Å². The number of nitrogens with zero attached hydrogens (tertiary/aromatic N) is 3. The molecule has 2 aromatic heterocycles. The van der Waals surface area contributed by atoms with Crippen molar-refractivity contribution < 1.29 is 9.13 Å². The third-order valence-corrected chi connectivity index (χ3v) is 4.84. The summed E-state index contributed by atoms with van der Waals surface area (Å²) in [5.74, 6) is 0.203. The van der Waals surface area contributed by atoms with Crippen molar-refractivity contribution in [2.24, 2.45) is 0 Å². The normalized spacial score (nSPS) is 15.5. The van der Waals surface area contributed by atoms with Crippen molar-refractivity contribution in [1.29, 1.82) is 0 Å². The minimum absolute atomic E-state index is 0.143. The smallest absolute Gasteiger partial charge is 0.251 e. The van der Waals surface area contributed by atoms with Gasteiger partial charge < -0.3 is 14.6 Å². The summed E-state index contributed by atoms with van der Waals surface area (Å²) in [6, 6.07) is 5.48. The third-order valence-electron chi connectivity index (χ3n) is 4.84. The average Bonchev–Trinajstić information content (AvgIpc) is 2.74. The molecular weight excluding hydrogens is 383 g/mol. The number of anilines is 1. The molecule has 0 spiro atoms. The summed E-state index contributed by atoms with van der Waals surface area (Å²) in [5, 5.41) is 3.34. The molecule has 3 rings (SSSR count). The highest BCUT2D eigenvalue weighted by molar-refractivity contribution is 5.59. The summed E-state index contributed by atoms with van der Waals surface area (Å²) in [6.07, 6.45) is 10.1. The van der Waals surface area contributed by atoms with E-state index in [1.807, 2.05) is 6.07 Å². The highest BCUT2D eigenvalue weighted by Crippen LogP contribution is 2.18. The van der Waals surface area contributed by atoms with Gasteiger partial charge in [-0.2, -0.15) is 0 Å². The highest BCUT2D eigenvalue weighted by Gasteiger charge is 2.15. The lowest BCUT2D eigenvalue weighted by Gasteiger charge is -2.23. The van der Waals surface area contributed by atoms with Crippen LogP contribution in [0.2, 0.25) is 0 Å². The van der Waals surface area contributed by atoms with E-state index in [1.54, 1.807) is 42.1 Å². The van der Waals surface area contributed by atoms with E-state index >= 15 is 0 Å². The second kappa shape index (κ2) is 10.6. The lowest BCUT2D eigenvalue weighted by Crippen LogP contribution is -2.28. The minimum Gasteiger partial charge on any atom is -0.381 e. The van der Waals surface area contributed by atoms with Crippen LogP contribution in [0.1, 0.15) is 26.2 Å². The second-order valence-electron chi connectivity index (χ2n) is 7.18.